The van der Waals surface area contributed by atoms with Crippen LogP contribution in [0.15, 0.2) is 10.9 Å². The molecule has 3 rings (SSSR count). The number of anilines is 1. The van der Waals surface area contributed by atoms with Gasteiger partial charge in [0, 0.05) is 23.4 Å². The van der Waals surface area contributed by atoms with Crippen LogP contribution in [0.1, 0.15) is 49.1 Å². The van der Waals surface area contributed by atoms with Gasteiger partial charge in [-0.3, -0.25) is 15.1 Å². The second-order valence-electron chi connectivity index (χ2n) is 6.62. The fraction of sp³-hybridized carbons (Fsp3) is 0.529. The molecule has 2 amide bonds. The van der Waals surface area contributed by atoms with E-state index in [4.69, 9.17) is 0 Å². The van der Waals surface area contributed by atoms with Gasteiger partial charge in [-0.1, -0.05) is 19.3 Å². The summed E-state index contributed by atoms with van der Waals surface area (Å²) >= 11 is 0. The number of aromatic nitrogens is 4. The Morgan fingerprint density at radius 3 is 2.64 bits per heavy atom. The monoisotopic (exact) mass is 344 g/mol. The van der Waals surface area contributed by atoms with E-state index in [-0.39, 0.29) is 23.6 Å². The van der Waals surface area contributed by atoms with Crippen LogP contribution >= 0.6 is 0 Å². The summed E-state index contributed by atoms with van der Waals surface area (Å²) < 4.78 is 1.45. The van der Waals surface area contributed by atoms with E-state index in [2.05, 4.69) is 25.7 Å². The highest BCUT2D eigenvalue weighted by Crippen LogP contribution is 2.18. The van der Waals surface area contributed by atoms with Crippen LogP contribution in [-0.2, 0) is 0 Å². The minimum absolute atomic E-state index is 0.214. The Balaban J connectivity index is 1.81. The number of nitrogens with zero attached hydrogens (tertiary/aromatic N) is 3. The molecular weight excluding hydrogens is 320 g/mol. The van der Waals surface area contributed by atoms with Gasteiger partial charge in [0.15, 0.2) is 0 Å². The van der Waals surface area contributed by atoms with Crippen molar-refractivity contribution < 1.29 is 4.79 Å². The van der Waals surface area contributed by atoms with Crippen molar-refractivity contribution in [1.82, 2.24) is 25.1 Å². The molecule has 1 aliphatic rings. The summed E-state index contributed by atoms with van der Waals surface area (Å²) in [5.41, 5.74) is 1.70. The van der Waals surface area contributed by atoms with Crippen molar-refractivity contribution in [2.45, 2.75) is 58.9 Å². The van der Waals surface area contributed by atoms with Crippen molar-refractivity contribution >= 4 is 11.8 Å². The van der Waals surface area contributed by atoms with Crippen molar-refractivity contribution in [3.63, 3.8) is 0 Å². The molecule has 134 valence electrons. The van der Waals surface area contributed by atoms with Crippen LogP contribution in [0.5, 0.6) is 0 Å². The summed E-state index contributed by atoms with van der Waals surface area (Å²) in [5, 5.41) is 10.2. The number of urea groups is 1. The number of aromatic amines is 1. The van der Waals surface area contributed by atoms with Gasteiger partial charge in [-0.05, 0) is 33.6 Å². The highest BCUT2D eigenvalue weighted by atomic mass is 16.2. The third-order valence-corrected chi connectivity index (χ3v) is 4.60. The van der Waals surface area contributed by atoms with Gasteiger partial charge < -0.3 is 5.32 Å². The molecular formula is C17H24N6O2. The van der Waals surface area contributed by atoms with Crippen molar-refractivity contribution in [3.8, 4) is 5.95 Å². The molecule has 3 N–H and O–H groups in total. The highest BCUT2D eigenvalue weighted by molar-refractivity contribution is 5.88. The lowest BCUT2D eigenvalue weighted by Crippen LogP contribution is -2.39. The van der Waals surface area contributed by atoms with Gasteiger partial charge in [-0.25, -0.2) is 9.78 Å². The molecule has 0 unspecified atom stereocenters. The van der Waals surface area contributed by atoms with E-state index in [1.54, 1.807) is 19.9 Å². The molecule has 1 saturated carbocycles. The molecule has 2 aromatic heterocycles. The average molecular weight is 344 g/mol. The standard InChI is InChI=1S/C17H24N6O2/c1-10-9-14(20-17(25)19-13-7-5-4-6-8-13)23(22-10)16-18-12(3)11(2)15(24)21-16/h9,13H,4-8H2,1-3H3,(H,18,21,24)(H2,19,20,25). The van der Waals surface area contributed by atoms with Gasteiger partial charge >= 0.3 is 6.03 Å². The fourth-order valence-electron chi connectivity index (χ4n) is 3.07. The van der Waals surface area contributed by atoms with E-state index in [1.807, 2.05) is 6.92 Å². The predicted molar refractivity (Wildman–Crippen MR) is 95.2 cm³/mol. The molecule has 0 aliphatic heterocycles. The van der Waals surface area contributed by atoms with E-state index < -0.39 is 0 Å². The minimum Gasteiger partial charge on any atom is -0.335 e. The predicted octanol–water partition coefficient (Wildman–Crippen LogP) is 2.34. The molecule has 2 aromatic rings. The van der Waals surface area contributed by atoms with Gasteiger partial charge in [-0.15, -0.1) is 0 Å². The SMILES string of the molecule is Cc1cc(NC(=O)NC2CCCCC2)n(-c2nc(C)c(C)c(=O)[nH]2)n1. The zero-order chi connectivity index (χ0) is 18.0. The molecule has 0 saturated heterocycles. The zero-order valence-corrected chi connectivity index (χ0v) is 14.8. The van der Waals surface area contributed by atoms with Gasteiger partial charge in [0.05, 0.1) is 5.69 Å². The van der Waals surface area contributed by atoms with E-state index in [0.29, 0.717) is 22.8 Å². The molecule has 0 aromatic carbocycles. The molecule has 8 nitrogen and oxygen atoms in total. The smallest absolute Gasteiger partial charge is 0.320 e. The maximum Gasteiger partial charge on any atom is 0.320 e. The second kappa shape index (κ2) is 7.08. The molecule has 8 heteroatoms. The average Bonchev–Trinajstić information content (AvgIpc) is 2.93. The Morgan fingerprint density at radius 1 is 1.24 bits per heavy atom. The van der Waals surface area contributed by atoms with Crippen LogP contribution in [0.3, 0.4) is 0 Å². The maximum absolute atomic E-state index is 12.3. The minimum atomic E-state index is -0.265. The van der Waals surface area contributed by atoms with Crippen LogP contribution < -0.4 is 16.2 Å². The first-order chi connectivity index (χ1) is 11.9. The first-order valence-electron chi connectivity index (χ1n) is 8.66. The first kappa shape index (κ1) is 17.2. The topological polar surface area (TPSA) is 105 Å². The molecule has 2 heterocycles. The first-order valence-corrected chi connectivity index (χ1v) is 8.66. The molecule has 0 spiro atoms. The highest BCUT2D eigenvalue weighted by Gasteiger charge is 2.18. The van der Waals surface area contributed by atoms with E-state index in [9.17, 15) is 9.59 Å². The lowest BCUT2D eigenvalue weighted by Gasteiger charge is -2.22. The van der Waals surface area contributed by atoms with Crippen molar-refractivity contribution in [3.05, 3.63) is 33.4 Å². The summed E-state index contributed by atoms with van der Waals surface area (Å²) in [4.78, 5) is 31.4. The summed E-state index contributed by atoms with van der Waals surface area (Å²) in [6.07, 6.45) is 5.55. The molecule has 0 bridgehead atoms. The van der Waals surface area contributed by atoms with Gasteiger partial charge in [-0.2, -0.15) is 9.78 Å². The van der Waals surface area contributed by atoms with Crippen LogP contribution in [0.25, 0.3) is 5.95 Å². The summed E-state index contributed by atoms with van der Waals surface area (Å²) in [5.74, 6) is 0.756. The van der Waals surface area contributed by atoms with Crippen molar-refractivity contribution in [1.29, 1.82) is 0 Å². The molecule has 25 heavy (non-hydrogen) atoms. The number of hydrogen-bond acceptors (Lipinski definition) is 4. The lowest BCUT2D eigenvalue weighted by molar-refractivity contribution is 0.244. The van der Waals surface area contributed by atoms with Gasteiger partial charge in [0.2, 0.25) is 5.95 Å². The van der Waals surface area contributed by atoms with Gasteiger partial charge in [0.25, 0.3) is 5.56 Å². The van der Waals surface area contributed by atoms with E-state index in [1.165, 1.54) is 11.1 Å². The van der Waals surface area contributed by atoms with Crippen molar-refractivity contribution in [2.24, 2.45) is 0 Å². The maximum atomic E-state index is 12.3. The third kappa shape index (κ3) is 3.89. The molecule has 1 aliphatic carbocycles. The van der Waals surface area contributed by atoms with E-state index in [0.717, 1.165) is 25.7 Å². The van der Waals surface area contributed by atoms with Crippen LogP contribution in [-0.4, -0.2) is 31.8 Å². The van der Waals surface area contributed by atoms with Gasteiger partial charge in [0.1, 0.15) is 5.82 Å². The zero-order valence-electron chi connectivity index (χ0n) is 14.8. The number of nitrogens with one attached hydrogen (secondary N) is 3. The number of hydrogen-bond donors (Lipinski definition) is 3. The van der Waals surface area contributed by atoms with Crippen LogP contribution in [0.2, 0.25) is 0 Å². The van der Waals surface area contributed by atoms with E-state index >= 15 is 0 Å². The fourth-order valence-corrected chi connectivity index (χ4v) is 3.07. The molecule has 0 radical (unpaired) electrons. The summed E-state index contributed by atoms with van der Waals surface area (Å²) in [6, 6.07) is 1.69. The number of H-pyrrole nitrogens is 1. The Kier molecular flexibility index (Phi) is 4.87. The van der Waals surface area contributed by atoms with Crippen molar-refractivity contribution in [2.75, 3.05) is 5.32 Å². The summed E-state index contributed by atoms with van der Waals surface area (Å²) in [6.45, 7) is 5.31. The number of aryl methyl sites for hydroxylation is 2. The number of amides is 2. The molecule has 1 fully saturated rings. The van der Waals surface area contributed by atoms with Crippen LogP contribution in [0.4, 0.5) is 10.6 Å². The number of carbonyl (C=O) groups is 1. The third-order valence-electron chi connectivity index (χ3n) is 4.60. The Bertz CT molecular complexity index is 832. The van der Waals surface area contributed by atoms with Crippen LogP contribution in [0, 0.1) is 20.8 Å². The Labute approximate surface area is 146 Å². The second-order valence-corrected chi connectivity index (χ2v) is 6.62. The normalized spacial score (nSPS) is 15.2. The quantitative estimate of drug-likeness (QED) is 0.795. The Hall–Kier alpha value is -2.64. The lowest BCUT2D eigenvalue weighted by atomic mass is 9.96. The Morgan fingerprint density at radius 2 is 1.96 bits per heavy atom. The molecule has 0 atom stereocenters. The number of carbonyl (C=O) groups excluding carboxylic acids is 1. The largest absolute Gasteiger partial charge is 0.335 e. The number of rotatable bonds is 3. The summed E-state index contributed by atoms with van der Waals surface area (Å²) in [7, 11) is 0.